The number of alkyl halides is 3. The van der Waals surface area contributed by atoms with Crippen LogP contribution in [-0.2, 0) is 17.4 Å². The molecule has 0 spiro atoms. The molecule has 28 heavy (non-hydrogen) atoms. The highest BCUT2D eigenvalue weighted by molar-refractivity contribution is 7.09. The molecule has 0 aliphatic carbocycles. The Hall–Kier alpha value is -1.84. The van der Waals surface area contributed by atoms with Crippen molar-refractivity contribution in [2.75, 3.05) is 26.2 Å². The number of amides is 1. The fourth-order valence-electron chi connectivity index (χ4n) is 2.94. The zero-order valence-corrected chi connectivity index (χ0v) is 17.3. The molecule has 1 aliphatic heterocycles. The van der Waals surface area contributed by atoms with Crippen molar-refractivity contribution in [2.45, 2.75) is 52.3 Å². The minimum Gasteiger partial charge on any atom is -0.357 e. The van der Waals surface area contributed by atoms with E-state index in [9.17, 15) is 18.0 Å². The van der Waals surface area contributed by atoms with Crippen LogP contribution in [0.5, 0.6) is 0 Å². The Morgan fingerprint density at radius 1 is 1.39 bits per heavy atom. The molecule has 158 valence electrons. The lowest BCUT2D eigenvalue weighted by Gasteiger charge is -2.34. The third-order valence-corrected chi connectivity index (χ3v) is 5.33. The highest BCUT2D eigenvalue weighted by Crippen LogP contribution is 2.30. The van der Waals surface area contributed by atoms with E-state index in [1.165, 1.54) is 0 Å². The molecular formula is C18H28F3N5OS. The molecule has 10 heteroatoms. The molecular weight excluding hydrogens is 391 g/mol. The molecule has 2 rings (SSSR count). The van der Waals surface area contributed by atoms with Gasteiger partial charge in [-0.3, -0.25) is 9.79 Å². The zero-order chi connectivity index (χ0) is 20.7. The first kappa shape index (κ1) is 22.4. The summed E-state index contributed by atoms with van der Waals surface area (Å²) in [6.07, 6.45) is -2.37. The van der Waals surface area contributed by atoms with Crippen LogP contribution < -0.4 is 10.6 Å². The second-order valence-corrected chi connectivity index (χ2v) is 7.98. The summed E-state index contributed by atoms with van der Waals surface area (Å²) in [6, 6.07) is 0.214. The second kappa shape index (κ2) is 10.1. The lowest BCUT2D eigenvalue weighted by Crippen LogP contribution is -2.50. The maximum Gasteiger partial charge on any atom is 0.434 e. The van der Waals surface area contributed by atoms with Crippen LogP contribution in [0.2, 0.25) is 0 Å². The Labute approximate surface area is 167 Å². The van der Waals surface area contributed by atoms with E-state index in [1.54, 1.807) is 0 Å². The van der Waals surface area contributed by atoms with Crippen LogP contribution in [0, 0.1) is 5.92 Å². The van der Waals surface area contributed by atoms with E-state index in [2.05, 4.69) is 20.6 Å². The number of nitrogens with one attached hydrogen (secondary N) is 2. The van der Waals surface area contributed by atoms with Crippen LogP contribution in [-0.4, -0.2) is 54.0 Å². The predicted molar refractivity (Wildman–Crippen MR) is 104 cm³/mol. The number of aliphatic imine (C=N–C) groups is 1. The maximum atomic E-state index is 12.6. The lowest BCUT2D eigenvalue weighted by atomic mass is 10.0. The van der Waals surface area contributed by atoms with Crippen molar-refractivity contribution in [3.05, 3.63) is 16.1 Å². The summed E-state index contributed by atoms with van der Waals surface area (Å²) < 4.78 is 37.8. The zero-order valence-electron chi connectivity index (χ0n) is 16.5. The smallest absolute Gasteiger partial charge is 0.357 e. The quantitative estimate of drug-likeness (QED) is 0.550. The molecule has 1 aromatic rings. The number of aromatic nitrogens is 1. The Balaban J connectivity index is 1.84. The van der Waals surface area contributed by atoms with Gasteiger partial charge in [0, 0.05) is 49.9 Å². The largest absolute Gasteiger partial charge is 0.434 e. The van der Waals surface area contributed by atoms with Gasteiger partial charge in [-0.1, -0.05) is 13.8 Å². The molecule has 1 fully saturated rings. The van der Waals surface area contributed by atoms with Crippen LogP contribution in [0.3, 0.4) is 0 Å². The number of nitrogens with zero attached hydrogens (tertiary/aromatic N) is 3. The van der Waals surface area contributed by atoms with E-state index in [0.717, 1.165) is 29.6 Å². The standard InChI is InChI=1S/C18H28F3N5OS/c1-4-22-17(23-8-5-15-25-14(11-28-15)18(19,20)21)24-13-6-9-26(10-7-13)16(27)12(2)3/h11-13H,4-10H2,1-3H3,(H2,22,23,24). The average molecular weight is 420 g/mol. The SMILES string of the molecule is CCNC(=NCCc1nc(C(F)(F)F)cs1)NC1CCN(C(=O)C(C)C)CC1. The van der Waals surface area contributed by atoms with Gasteiger partial charge >= 0.3 is 6.18 Å². The van der Waals surface area contributed by atoms with Crippen molar-refractivity contribution in [1.82, 2.24) is 20.5 Å². The topological polar surface area (TPSA) is 69.6 Å². The van der Waals surface area contributed by atoms with Gasteiger partial charge in [0.05, 0.1) is 5.01 Å². The molecule has 6 nitrogen and oxygen atoms in total. The fraction of sp³-hybridized carbons (Fsp3) is 0.722. The molecule has 0 aromatic carbocycles. The van der Waals surface area contributed by atoms with E-state index < -0.39 is 11.9 Å². The Kier molecular flexibility index (Phi) is 8.09. The molecule has 0 bridgehead atoms. The number of guanidine groups is 1. The first-order chi connectivity index (χ1) is 13.2. The summed E-state index contributed by atoms with van der Waals surface area (Å²) in [5, 5.41) is 7.98. The third-order valence-electron chi connectivity index (χ3n) is 4.42. The van der Waals surface area contributed by atoms with Crippen molar-refractivity contribution >= 4 is 23.2 Å². The number of rotatable bonds is 6. The number of carbonyl (C=O) groups excluding carboxylic acids is 1. The molecule has 0 atom stereocenters. The maximum absolute atomic E-state index is 12.6. The number of carbonyl (C=O) groups is 1. The van der Waals surface area contributed by atoms with Gasteiger partial charge in [-0.2, -0.15) is 13.2 Å². The molecule has 1 aliphatic rings. The van der Waals surface area contributed by atoms with E-state index in [1.807, 2.05) is 25.7 Å². The van der Waals surface area contributed by atoms with E-state index in [0.29, 0.717) is 43.6 Å². The van der Waals surface area contributed by atoms with Crippen molar-refractivity contribution in [1.29, 1.82) is 0 Å². The van der Waals surface area contributed by atoms with Gasteiger partial charge in [-0.25, -0.2) is 4.98 Å². The summed E-state index contributed by atoms with van der Waals surface area (Å²) >= 11 is 1.00. The molecule has 1 saturated heterocycles. The minimum absolute atomic E-state index is 0.00659. The van der Waals surface area contributed by atoms with Crippen molar-refractivity contribution < 1.29 is 18.0 Å². The average Bonchev–Trinajstić information content (AvgIpc) is 3.11. The van der Waals surface area contributed by atoms with Crippen LogP contribution in [0.4, 0.5) is 13.2 Å². The molecule has 1 amide bonds. The first-order valence-electron chi connectivity index (χ1n) is 9.56. The second-order valence-electron chi connectivity index (χ2n) is 7.03. The number of hydrogen-bond acceptors (Lipinski definition) is 4. The number of likely N-dealkylation sites (tertiary alicyclic amines) is 1. The summed E-state index contributed by atoms with van der Waals surface area (Å²) in [5.41, 5.74) is -0.843. The van der Waals surface area contributed by atoms with E-state index in [4.69, 9.17) is 0 Å². The van der Waals surface area contributed by atoms with Crippen molar-refractivity contribution in [3.8, 4) is 0 Å². The highest BCUT2D eigenvalue weighted by Gasteiger charge is 2.33. The monoisotopic (exact) mass is 419 g/mol. The van der Waals surface area contributed by atoms with Gasteiger partial charge in [0.2, 0.25) is 5.91 Å². The number of piperidine rings is 1. The minimum atomic E-state index is -4.40. The highest BCUT2D eigenvalue weighted by atomic mass is 32.1. The Bertz CT molecular complexity index is 666. The van der Waals surface area contributed by atoms with E-state index in [-0.39, 0.29) is 17.9 Å². The van der Waals surface area contributed by atoms with Gasteiger partial charge in [0.25, 0.3) is 0 Å². The van der Waals surface area contributed by atoms with Gasteiger partial charge in [0.15, 0.2) is 11.7 Å². The normalized spacial score (nSPS) is 16.5. The fourth-order valence-corrected chi connectivity index (χ4v) is 3.74. The van der Waals surface area contributed by atoms with Crippen LogP contribution >= 0.6 is 11.3 Å². The predicted octanol–water partition coefficient (Wildman–Crippen LogP) is 2.91. The molecule has 1 aromatic heterocycles. The Morgan fingerprint density at radius 3 is 2.61 bits per heavy atom. The third kappa shape index (κ3) is 6.65. The number of thiazole rings is 1. The molecule has 0 radical (unpaired) electrons. The van der Waals surface area contributed by atoms with Crippen LogP contribution in [0.25, 0.3) is 0 Å². The molecule has 2 heterocycles. The first-order valence-corrected chi connectivity index (χ1v) is 10.4. The van der Waals surface area contributed by atoms with Crippen molar-refractivity contribution in [2.24, 2.45) is 10.9 Å². The summed E-state index contributed by atoms with van der Waals surface area (Å²) in [7, 11) is 0. The van der Waals surface area contributed by atoms with Gasteiger partial charge in [0.1, 0.15) is 0 Å². The van der Waals surface area contributed by atoms with Gasteiger partial charge in [-0.15, -0.1) is 11.3 Å². The summed E-state index contributed by atoms with van der Waals surface area (Å²) in [6.45, 7) is 8.24. The number of hydrogen-bond donors (Lipinski definition) is 2. The molecule has 2 N–H and O–H groups in total. The van der Waals surface area contributed by atoms with Crippen LogP contribution in [0.15, 0.2) is 10.4 Å². The van der Waals surface area contributed by atoms with Crippen LogP contribution in [0.1, 0.15) is 44.3 Å². The van der Waals surface area contributed by atoms with E-state index >= 15 is 0 Å². The molecule has 0 saturated carbocycles. The van der Waals surface area contributed by atoms with Crippen molar-refractivity contribution in [3.63, 3.8) is 0 Å². The molecule has 0 unspecified atom stereocenters. The summed E-state index contributed by atoms with van der Waals surface area (Å²) in [5.74, 6) is 0.830. The van der Waals surface area contributed by atoms with Gasteiger partial charge in [-0.05, 0) is 19.8 Å². The Morgan fingerprint density at radius 2 is 2.07 bits per heavy atom. The lowest BCUT2D eigenvalue weighted by molar-refractivity contribution is -0.140. The number of halogens is 3. The summed E-state index contributed by atoms with van der Waals surface area (Å²) in [4.78, 5) is 22.0. The van der Waals surface area contributed by atoms with Gasteiger partial charge < -0.3 is 15.5 Å².